The molecule has 0 radical (unpaired) electrons. The number of ether oxygens (including phenoxy) is 4. The molecule has 2 aliphatic rings. The number of aliphatic imine (C=N–C) groups is 1. The van der Waals surface area contributed by atoms with E-state index in [9.17, 15) is 13.2 Å². The van der Waals surface area contributed by atoms with Crippen LogP contribution in [-0.4, -0.2) is 80.3 Å². The van der Waals surface area contributed by atoms with E-state index < -0.39 is 9.84 Å². The van der Waals surface area contributed by atoms with Crippen molar-refractivity contribution in [1.82, 2.24) is 9.97 Å². The van der Waals surface area contributed by atoms with Crippen LogP contribution in [0, 0.1) is 0 Å². The normalized spacial score (nSPS) is 18.1. The van der Waals surface area contributed by atoms with E-state index in [1.807, 2.05) is 18.2 Å². The van der Waals surface area contributed by atoms with Crippen molar-refractivity contribution in [3.05, 3.63) is 42.2 Å². The van der Waals surface area contributed by atoms with Crippen LogP contribution >= 0.6 is 11.8 Å². The number of Topliss-reactive ketones (excluding diaryl/α,β-unsaturated/α-hetero) is 1. The van der Waals surface area contributed by atoms with Gasteiger partial charge in [0.05, 0.1) is 37.2 Å². The van der Waals surface area contributed by atoms with E-state index in [0.717, 1.165) is 47.2 Å². The Bertz CT molecular complexity index is 1480. The predicted molar refractivity (Wildman–Crippen MR) is 154 cm³/mol. The monoisotopic (exact) mass is 587 g/mol. The van der Waals surface area contributed by atoms with E-state index in [-0.39, 0.29) is 22.2 Å². The average Bonchev–Trinajstić information content (AvgIpc) is 3.56. The molecule has 0 aliphatic carbocycles. The van der Waals surface area contributed by atoms with E-state index in [1.165, 1.54) is 12.3 Å². The highest BCUT2D eigenvalue weighted by atomic mass is 32.2. The number of hydrogen-bond acceptors (Lipinski definition) is 10. The summed E-state index contributed by atoms with van der Waals surface area (Å²) in [5.41, 5.74) is 1.70. The summed E-state index contributed by atoms with van der Waals surface area (Å²) in [6, 6.07) is 8.74. The maximum atomic E-state index is 12.3. The quantitative estimate of drug-likeness (QED) is 0.303. The van der Waals surface area contributed by atoms with Crippen molar-refractivity contribution >= 4 is 43.3 Å². The second-order valence-electron chi connectivity index (χ2n) is 9.93. The van der Waals surface area contributed by atoms with E-state index in [0.29, 0.717) is 56.5 Å². The lowest BCUT2D eigenvalue weighted by Gasteiger charge is -2.24. The van der Waals surface area contributed by atoms with Gasteiger partial charge in [-0.3, -0.25) is 9.79 Å². The van der Waals surface area contributed by atoms with E-state index in [2.05, 4.69) is 9.97 Å². The lowest BCUT2D eigenvalue weighted by Crippen LogP contribution is -2.25. The molecule has 2 aliphatic heterocycles. The van der Waals surface area contributed by atoms with Crippen LogP contribution in [0.2, 0.25) is 0 Å². The number of carbonyl (C=O) groups excluding carboxylic acids is 1. The number of benzene rings is 1. The largest absolute Gasteiger partial charge is 0.488 e. The summed E-state index contributed by atoms with van der Waals surface area (Å²) in [5, 5.41) is 1.86. The lowest BCUT2D eigenvalue weighted by atomic mass is 10.1. The van der Waals surface area contributed by atoms with E-state index in [4.69, 9.17) is 23.9 Å². The van der Waals surface area contributed by atoms with Crippen LogP contribution in [0.15, 0.2) is 46.5 Å². The molecule has 4 heterocycles. The maximum Gasteiger partial charge on any atom is 0.192 e. The minimum atomic E-state index is -3.40. The van der Waals surface area contributed by atoms with Crippen molar-refractivity contribution in [2.45, 2.75) is 48.5 Å². The van der Waals surface area contributed by atoms with Gasteiger partial charge in [0, 0.05) is 62.4 Å². The molecule has 214 valence electrons. The zero-order valence-corrected chi connectivity index (χ0v) is 24.2. The fourth-order valence-electron chi connectivity index (χ4n) is 4.65. The van der Waals surface area contributed by atoms with Crippen molar-refractivity contribution in [2.75, 3.05) is 39.7 Å². The molecule has 1 unspecified atom stereocenters. The van der Waals surface area contributed by atoms with Crippen molar-refractivity contribution in [2.24, 2.45) is 4.99 Å². The molecule has 1 aromatic carbocycles. The second-order valence-corrected chi connectivity index (χ2v) is 13.2. The highest BCUT2D eigenvalue weighted by molar-refractivity contribution is 8.15. The van der Waals surface area contributed by atoms with Gasteiger partial charge in [0.15, 0.2) is 14.9 Å². The van der Waals surface area contributed by atoms with Crippen LogP contribution < -0.4 is 9.47 Å². The number of nitrogens with one attached hydrogen (secondary N) is 1. The number of aromatic amines is 1. The number of methoxy groups -OCH3 is 1. The molecule has 40 heavy (non-hydrogen) atoms. The molecular weight excluding hydrogens is 554 g/mol. The number of carbonyl (C=O) groups is 1. The Labute approximate surface area is 237 Å². The minimum absolute atomic E-state index is 0.0149. The Morgan fingerprint density at radius 2 is 2.00 bits per heavy atom. The molecule has 3 aromatic rings. The lowest BCUT2D eigenvalue weighted by molar-refractivity contribution is -0.119. The standard InChI is InChI=1S/C28H33N3O7S2/c1-35-9-3-4-19(32)14-23-17-30-28(39-23)24-13-18-12-22(37-21-5-6-26(29-16-21)40(2,33)34)15-25(27(18)31-24)38-20-7-10-36-11-8-20/h5-6,12-13,15-16,20,23,31H,3-4,7-11,14,17H2,1-2H3. The van der Waals surface area contributed by atoms with Gasteiger partial charge in [-0.2, -0.15) is 0 Å². The van der Waals surface area contributed by atoms with Gasteiger partial charge in [-0.05, 0) is 30.7 Å². The molecule has 1 fully saturated rings. The summed E-state index contributed by atoms with van der Waals surface area (Å²) >= 11 is 1.62. The number of hydrogen-bond donors (Lipinski definition) is 1. The van der Waals surface area contributed by atoms with Gasteiger partial charge in [-0.15, -0.1) is 0 Å². The minimum Gasteiger partial charge on any atom is -0.488 e. The molecule has 12 heteroatoms. The van der Waals surface area contributed by atoms with Crippen molar-refractivity contribution < 1.29 is 32.2 Å². The molecule has 5 rings (SSSR count). The van der Waals surface area contributed by atoms with Crippen molar-refractivity contribution in [1.29, 1.82) is 0 Å². The molecule has 1 atom stereocenters. The molecule has 0 spiro atoms. The topological polar surface area (TPSA) is 129 Å². The van der Waals surface area contributed by atoms with Gasteiger partial charge in [0.25, 0.3) is 0 Å². The van der Waals surface area contributed by atoms with Crippen LogP contribution in [0.3, 0.4) is 0 Å². The average molecular weight is 588 g/mol. The number of H-pyrrole nitrogens is 1. The first-order valence-corrected chi connectivity index (χ1v) is 16.0. The third-order valence-electron chi connectivity index (χ3n) is 6.66. The summed E-state index contributed by atoms with van der Waals surface area (Å²) in [6.45, 7) is 2.49. The van der Waals surface area contributed by atoms with Crippen LogP contribution in [0.1, 0.15) is 37.8 Å². The van der Waals surface area contributed by atoms with Crippen LogP contribution in [0.5, 0.6) is 17.2 Å². The van der Waals surface area contributed by atoms with Crippen LogP contribution in [0.25, 0.3) is 10.9 Å². The van der Waals surface area contributed by atoms with Gasteiger partial charge < -0.3 is 23.9 Å². The van der Waals surface area contributed by atoms with Crippen molar-refractivity contribution in [3.8, 4) is 17.2 Å². The third kappa shape index (κ3) is 7.22. The summed E-state index contributed by atoms with van der Waals surface area (Å²) < 4.78 is 46.5. The summed E-state index contributed by atoms with van der Waals surface area (Å²) in [4.78, 5) is 24.6. The number of sulfone groups is 1. The van der Waals surface area contributed by atoms with Gasteiger partial charge in [0.1, 0.15) is 34.2 Å². The summed E-state index contributed by atoms with van der Waals surface area (Å²) in [7, 11) is -1.76. The summed E-state index contributed by atoms with van der Waals surface area (Å²) in [6.07, 6.45) is 5.85. The molecule has 0 amide bonds. The zero-order chi connectivity index (χ0) is 28.1. The van der Waals surface area contributed by atoms with Crippen LogP contribution in [-0.2, 0) is 24.1 Å². The van der Waals surface area contributed by atoms with E-state index >= 15 is 0 Å². The fourth-order valence-corrected chi connectivity index (χ4v) is 6.33. The van der Waals surface area contributed by atoms with Crippen molar-refractivity contribution in [3.63, 3.8) is 0 Å². The number of aromatic nitrogens is 2. The Morgan fingerprint density at radius 3 is 2.73 bits per heavy atom. The number of ketones is 1. The molecule has 10 nitrogen and oxygen atoms in total. The molecular formula is C28H33N3O7S2. The fraction of sp³-hybridized carbons (Fsp3) is 0.464. The second kappa shape index (κ2) is 12.7. The van der Waals surface area contributed by atoms with Crippen LogP contribution in [0.4, 0.5) is 0 Å². The van der Waals surface area contributed by atoms with E-state index in [1.54, 1.807) is 24.9 Å². The first kappa shape index (κ1) is 28.6. The number of fused-ring (bicyclic) bond motifs is 1. The first-order valence-electron chi connectivity index (χ1n) is 13.3. The number of thioether (sulfide) groups is 1. The smallest absolute Gasteiger partial charge is 0.192 e. The molecule has 2 aromatic heterocycles. The van der Waals surface area contributed by atoms with Gasteiger partial charge in [0.2, 0.25) is 0 Å². The highest BCUT2D eigenvalue weighted by Gasteiger charge is 2.25. The number of nitrogens with zero attached hydrogens (tertiary/aromatic N) is 2. The number of rotatable bonds is 12. The Hall–Kier alpha value is -2.93. The maximum absolute atomic E-state index is 12.3. The predicted octanol–water partition coefficient (Wildman–Crippen LogP) is 4.56. The van der Waals surface area contributed by atoms with Gasteiger partial charge >= 0.3 is 0 Å². The molecule has 0 saturated carbocycles. The number of pyridine rings is 1. The highest BCUT2D eigenvalue weighted by Crippen LogP contribution is 2.37. The molecule has 0 bridgehead atoms. The SMILES string of the molecule is COCCCC(=O)CC1CN=C(c2cc3cc(Oc4ccc(S(C)(=O)=O)nc4)cc(OC4CCOCC4)c3[nH]2)S1. The first-order chi connectivity index (χ1) is 19.3. The zero-order valence-electron chi connectivity index (χ0n) is 22.6. The molecule has 1 saturated heterocycles. The summed E-state index contributed by atoms with van der Waals surface area (Å²) in [5.74, 6) is 1.83. The Kier molecular flexibility index (Phi) is 9.09. The third-order valence-corrected chi connectivity index (χ3v) is 8.88. The Balaban J connectivity index is 1.36. The Morgan fingerprint density at radius 1 is 1.18 bits per heavy atom. The molecule has 1 N–H and O–H groups in total. The van der Waals surface area contributed by atoms with Gasteiger partial charge in [-0.25, -0.2) is 13.4 Å². The van der Waals surface area contributed by atoms with Gasteiger partial charge in [-0.1, -0.05) is 11.8 Å².